The average molecular weight is 297 g/mol. The van der Waals surface area contributed by atoms with Crippen LogP contribution in [0.2, 0.25) is 0 Å². The molecule has 22 heavy (non-hydrogen) atoms. The first-order valence-electron chi connectivity index (χ1n) is 7.01. The Bertz CT molecular complexity index is 665. The second-order valence-electron chi connectivity index (χ2n) is 4.93. The molecule has 1 aliphatic heterocycles. The second-order valence-corrected chi connectivity index (χ2v) is 4.93. The predicted octanol–water partition coefficient (Wildman–Crippen LogP) is 2.12. The summed E-state index contributed by atoms with van der Waals surface area (Å²) in [7, 11) is 0. The van der Waals surface area contributed by atoms with Gasteiger partial charge in [-0.1, -0.05) is 48.5 Å². The van der Waals surface area contributed by atoms with Gasteiger partial charge in [0.15, 0.2) is 0 Å². The lowest BCUT2D eigenvalue weighted by Crippen LogP contribution is -2.24. The molecule has 1 heterocycles. The van der Waals surface area contributed by atoms with Gasteiger partial charge in [-0.3, -0.25) is 4.99 Å². The molecular weight excluding hydrogens is 278 g/mol. The number of nitrogens with zero attached hydrogens (tertiary/aromatic N) is 1. The molecule has 2 aromatic rings. The lowest BCUT2D eigenvalue weighted by Gasteiger charge is -2.17. The van der Waals surface area contributed by atoms with Crippen molar-refractivity contribution >= 4 is 11.8 Å². The third-order valence-corrected chi connectivity index (χ3v) is 3.30. The van der Waals surface area contributed by atoms with Crippen molar-refractivity contribution in [3.05, 3.63) is 71.8 Å². The van der Waals surface area contributed by atoms with Gasteiger partial charge in [-0.05, 0) is 23.8 Å². The van der Waals surface area contributed by atoms with Crippen LogP contribution in [0.1, 0.15) is 11.1 Å². The molecule has 0 aliphatic carbocycles. The summed E-state index contributed by atoms with van der Waals surface area (Å²) < 4.78 is 5.66. The van der Waals surface area contributed by atoms with Gasteiger partial charge in [0, 0.05) is 5.56 Å². The minimum absolute atomic E-state index is 0. The van der Waals surface area contributed by atoms with E-state index in [1.54, 1.807) is 0 Å². The van der Waals surface area contributed by atoms with Crippen LogP contribution in [0.4, 0.5) is 0 Å². The number of hydrogen-bond donors (Lipinski definition) is 1. The van der Waals surface area contributed by atoms with Crippen LogP contribution < -0.4 is 4.74 Å². The molecule has 2 aromatic carbocycles. The molecule has 114 valence electrons. The van der Waals surface area contributed by atoms with Crippen molar-refractivity contribution in [1.29, 1.82) is 0 Å². The zero-order valence-electron chi connectivity index (χ0n) is 12.1. The van der Waals surface area contributed by atoms with Gasteiger partial charge in [0.1, 0.15) is 18.5 Å². The smallest absolute Gasteiger partial charge is 0.128 e. The molecule has 3 rings (SSSR count). The molecule has 0 radical (unpaired) electrons. The van der Waals surface area contributed by atoms with Crippen LogP contribution in [0, 0.1) is 0 Å². The highest BCUT2D eigenvalue weighted by atomic mass is 16.5. The standard InChI is InChI=1S/C18H17NO2.H2O/c20-15-12-19-17(11-10-14-6-2-1-3-7-14)16-8-4-5-9-18(16)21-13-15;/h1-11,15,20H,12-13H2;1H2/b11-10+,19-17?;. The van der Waals surface area contributed by atoms with E-state index in [-0.39, 0.29) is 12.1 Å². The summed E-state index contributed by atoms with van der Waals surface area (Å²) in [6.45, 7) is 0.624. The summed E-state index contributed by atoms with van der Waals surface area (Å²) >= 11 is 0. The summed E-state index contributed by atoms with van der Waals surface area (Å²) in [5, 5.41) is 9.79. The number of fused-ring (bicyclic) bond motifs is 1. The average Bonchev–Trinajstić information content (AvgIpc) is 2.53. The monoisotopic (exact) mass is 297 g/mol. The first-order valence-corrected chi connectivity index (χ1v) is 7.01. The Morgan fingerprint density at radius 3 is 2.55 bits per heavy atom. The maximum atomic E-state index is 9.79. The fourth-order valence-corrected chi connectivity index (χ4v) is 2.21. The quantitative estimate of drug-likeness (QED) is 0.922. The molecule has 0 saturated heterocycles. The molecule has 4 nitrogen and oxygen atoms in total. The van der Waals surface area contributed by atoms with Gasteiger partial charge >= 0.3 is 0 Å². The van der Waals surface area contributed by atoms with Gasteiger partial charge < -0.3 is 15.3 Å². The van der Waals surface area contributed by atoms with Gasteiger partial charge in [-0.15, -0.1) is 0 Å². The van der Waals surface area contributed by atoms with Crippen LogP contribution >= 0.6 is 0 Å². The summed E-state index contributed by atoms with van der Waals surface area (Å²) in [6, 6.07) is 17.8. The van der Waals surface area contributed by atoms with E-state index < -0.39 is 6.10 Å². The van der Waals surface area contributed by atoms with E-state index in [4.69, 9.17) is 4.74 Å². The minimum atomic E-state index is -0.571. The molecular formula is C18H19NO3. The van der Waals surface area contributed by atoms with Gasteiger partial charge in [-0.2, -0.15) is 0 Å². The summed E-state index contributed by atoms with van der Waals surface area (Å²) in [6.07, 6.45) is 3.41. The van der Waals surface area contributed by atoms with Crippen molar-refractivity contribution < 1.29 is 15.3 Å². The van der Waals surface area contributed by atoms with E-state index in [0.29, 0.717) is 6.54 Å². The van der Waals surface area contributed by atoms with Crippen molar-refractivity contribution in [2.45, 2.75) is 6.10 Å². The predicted molar refractivity (Wildman–Crippen MR) is 88.4 cm³/mol. The van der Waals surface area contributed by atoms with E-state index in [2.05, 4.69) is 4.99 Å². The third-order valence-electron chi connectivity index (χ3n) is 3.30. The molecule has 0 spiro atoms. The van der Waals surface area contributed by atoms with Gasteiger partial charge in [0.2, 0.25) is 0 Å². The number of aliphatic imine (C=N–C) groups is 1. The molecule has 0 saturated carbocycles. The molecule has 0 fully saturated rings. The van der Waals surface area contributed by atoms with E-state index in [0.717, 1.165) is 22.6 Å². The number of ether oxygens (including phenoxy) is 1. The molecule has 0 amide bonds. The summed E-state index contributed by atoms with van der Waals surface area (Å²) in [5.74, 6) is 0.757. The van der Waals surface area contributed by atoms with Gasteiger partial charge in [0.05, 0.1) is 12.3 Å². The van der Waals surface area contributed by atoms with Crippen molar-refractivity contribution in [2.75, 3.05) is 13.2 Å². The van der Waals surface area contributed by atoms with Gasteiger partial charge in [-0.25, -0.2) is 0 Å². The van der Waals surface area contributed by atoms with Crippen LogP contribution in [0.3, 0.4) is 0 Å². The first-order chi connectivity index (χ1) is 10.3. The Kier molecular flexibility index (Phi) is 5.47. The third kappa shape index (κ3) is 3.81. The summed E-state index contributed by atoms with van der Waals surface area (Å²) in [5.41, 5.74) is 2.89. The SMILES string of the molecule is O.OC1CN=C(/C=C/c2ccccc2)c2ccccc2OC1. The van der Waals surface area contributed by atoms with E-state index in [1.807, 2.05) is 66.7 Å². The van der Waals surface area contributed by atoms with Crippen molar-refractivity contribution in [2.24, 2.45) is 4.99 Å². The first kappa shape index (κ1) is 15.9. The Hall–Kier alpha value is -2.43. The fraction of sp³-hybridized carbons (Fsp3) is 0.167. The Morgan fingerprint density at radius 2 is 1.73 bits per heavy atom. The van der Waals surface area contributed by atoms with Crippen molar-refractivity contribution in [1.82, 2.24) is 0 Å². The molecule has 3 N–H and O–H groups in total. The molecule has 1 atom stereocenters. The Labute approximate surface area is 129 Å². The minimum Gasteiger partial charge on any atom is -0.490 e. The normalized spacial score (nSPS) is 17.5. The van der Waals surface area contributed by atoms with E-state index >= 15 is 0 Å². The van der Waals surface area contributed by atoms with Crippen LogP contribution in [0.25, 0.3) is 6.08 Å². The molecule has 1 unspecified atom stereocenters. The topological polar surface area (TPSA) is 73.3 Å². The lowest BCUT2D eigenvalue weighted by molar-refractivity contribution is 0.113. The fourth-order valence-electron chi connectivity index (χ4n) is 2.21. The second kappa shape index (κ2) is 7.54. The number of aliphatic hydroxyl groups is 1. The van der Waals surface area contributed by atoms with Crippen LogP contribution in [0.5, 0.6) is 5.75 Å². The number of para-hydroxylation sites is 1. The Morgan fingerprint density at radius 1 is 1.00 bits per heavy atom. The molecule has 0 aromatic heterocycles. The number of hydrogen-bond acceptors (Lipinski definition) is 3. The van der Waals surface area contributed by atoms with Crippen LogP contribution in [-0.4, -0.2) is 35.6 Å². The highest BCUT2D eigenvalue weighted by Gasteiger charge is 2.14. The zero-order valence-corrected chi connectivity index (χ0v) is 12.1. The largest absolute Gasteiger partial charge is 0.490 e. The van der Waals surface area contributed by atoms with E-state index in [9.17, 15) is 5.11 Å². The number of aliphatic hydroxyl groups excluding tert-OH is 1. The zero-order chi connectivity index (χ0) is 14.5. The number of benzene rings is 2. The Balaban J connectivity index is 0.00000176. The van der Waals surface area contributed by atoms with Crippen molar-refractivity contribution in [3.8, 4) is 5.75 Å². The maximum absolute atomic E-state index is 9.79. The summed E-state index contributed by atoms with van der Waals surface area (Å²) in [4.78, 5) is 4.52. The van der Waals surface area contributed by atoms with E-state index in [1.165, 1.54) is 0 Å². The van der Waals surface area contributed by atoms with Crippen molar-refractivity contribution in [3.63, 3.8) is 0 Å². The van der Waals surface area contributed by atoms with Crippen LogP contribution in [0.15, 0.2) is 65.7 Å². The molecule has 1 aliphatic rings. The molecule has 4 heteroatoms. The maximum Gasteiger partial charge on any atom is 0.128 e. The van der Waals surface area contributed by atoms with Crippen LogP contribution in [-0.2, 0) is 0 Å². The highest BCUT2D eigenvalue weighted by molar-refractivity contribution is 6.12. The molecule has 0 bridgehead atoms. The highest BCUT2D eigenvalue weighted by Crippen LogP contribution is 2.22. The van der Waals surface area contributed by atoms with Gasteiger partial charge in [0.25, 0.3) is 0 Å². The number of rotatable bonds is 2. The lowest BCUT2D eigenvalue weighted by atomic mass is 10.1. The number of allylic oxidation sites excluding steroid dienone is 1.